The van der Waals surface area contributed by atoms with Gasteiger partial charge in [0.05, 0.1) is 0 Å². The van der Waals surface area contributed by atoms with E-state index in [-0.39, 0.29) is 0 Å². The Morgan fingerprint density at radius 3 is 2.73 bits per heavy atom. The van der Waals surface area contributed by atoms with Crippen molar-refractivity contribution in [3.8, 4) is 0 Å². The van der Waals surface area contributed by atoms with Crippen LogP contribution in [0.25, 0.3) is 0 Å². The monoisotopic (exact) mass is 207 g/mol. The van der Waals surface area contributed by atoms with Crippen molar-refractivity contribution in [2.24, 2.45) is 11.7 Å². The number of hydrogen-bond donors (Lipinski definition) is 2. The molecule has 0 aliphatic heterocycles. The third kappa shape index (κ3) is 3.51. The molecule has 0 aliphatic carbocycles. The van der Waals surface area contributed by atoms with Crippen molar-refractivity contribution in [2.75, 3.05) is 11.9 Å². The van der Waals surface area contributed by atoms with Gasteiger partial charge in [-0.25, -0.2) is 0 Å². The molecule has 1 aromatic heterocycles. The van der Waals surface area contributed by atoms with Crippen LogP contribution in [0.1, 0.15) is 25.8 Å². The fourth-order valence-electron chi connectivity index (χ4n) is 1.59. The SMILES string of the molecule is Cc1cnccc1NC(CCN)C(C)C. The normalized spacial score (nSPS) is 12.9. The van der Waals surface area contributed by atoms with Crippen LogP contribution in [-0.4, -0.2) is 17.6 Å². The maximum absolute atomic E-state index is 5.61. The van der Waals surface area contributed by atoms with Crippen molar-refractivity contribution in [1.82, 2.24) is 4.98 Å². The van der Waals surface area contributed by atoms with Crippen molar-refractivity contribution >= 4 is 5.69 Å². The van der Waals surface area contributed by atoms with E-state index in [1.54, 1.807) is 0 Å². The van der Waals surface area contributed by atoms with Crippen LogP contribution < -0.4 is 11.1 Å². The summed E-state index contributed by atoms with van der Waals surface area (Å²) in [6.45, 7) is 7.21. The molecule has 1 aromatic rings. The average molecular weight is 207 g/mol. The number of nitrogens with one attached hydrogen (secondary N) is 1. The molecule has 1 unspecified atom stereocenters. The molecular formula is C12H21N3. The molecule has 15 heavy (non-hydrogen) atoms. The lowest BCUT2D eigenvalue weighted by Gasteiger charge is -2.23. The van der Waals surface area contributed by atoms with Gasteiger partial charge in [0.15, 0.2) is 0 Å². The first-order valence-corrected chi connectivity index (χ1v) is 5.52. The first kappa shape index (κ1) is 12.0. The van der Waals surface area contributed by atoms with Gasteiger partial charge in [0.1, 0.15) is 0 Å². The van der Waals surface area contributed by atoms with Crippen LogP contribution in [0.4, 0.5) is 5.69 Å². The molecule has 0 saturated heterocycles. The van der Waals surface area contributed by atoms with Gasteiger partial charge in [0, 0.05) is 24.1 Å². The Morgan fingerprint density at radius 1 is 1.47 bits per heavy atom. The molecule has 0 radical (unpaired) electrons. The molecule has 0 aliphatic rings. The molecule has 3 nitrogen and oxygen atoms in total. The van der Waals surface area contributed by atoms with Crippen molar-refractivity contribution in [3.05, 3.63) is 24.0 Å². The van der Waals surface area contributed by atoms with Gasteiger partial charge in [-0.05, 0) is 37.4 Å². The zero-order chi connectivity index (χ0) is 11.3. The van der Waals surface area contributed by atoms with Crippen molar-refractivity contribution < 1.29 is 0 Å². The topological polar surface area (TPSA) is 50.9 Å². The summed E-state index contributed by atoms with van der Waals surface area (Å²) in [5.74, 6) is 0.584. The Morgan fingerprint density at radius 2 is 2.20 bits per heavy atom. The Bertz CT molecular complexity index is 297. The summed E-state index contributed by atoms with van der Waals surface area (Å²) < 4.78 is 0. The fourth-order valence-corrected chi connectivity index (χ4v) is 1.59. The van der Waals surface area contributed by atoms with Gasteiger partial charge in [-0.15, -0.1) is 0 Å². The van der Waals surface area contributed by atoms with Gasteiger partial charge in [-0.1, -0.05) is 13.8 Å². The molecule has 0 aromatic carbocycles. The van der Waals surface area contributed by atoms with E-state index in [0.29, 0.717) is 12.0 Å². The van der Waals surface area contributed by atoms with Gasteiger partial charge in [0.25, 0.3) is 0 Å². The van der Waals surface area contributed by atoms with Crippen LogP contribution in [0.2, 0.25) is 0 Å². The van der Waals surface area contributed by atoms with E-state index in [1.165, 1.54) is 5.56 Å². The number of nitrogens with two attached hydrogens (primary N) is 1. The van der Waals surface area contributed by atoms with Crippen LogP contribution in [0, 0.1) is 12.8 Å². The van der Waals surface area contributed by atoms with Gasteiger partial charge in [-0.2, -0.15) is 0 Å². The summed E-state index contributed by atoms with van der Waals surface area (Å²) in [5.41, 5.74) is 7.95. The van der Waals surface area contributed by atoms with Crippen LogP contribution in [0.5, 0.6) is 0 Å². The van der Waals surface area contributed by atoms with Crippen molar-refractivity contribution in [1.29, 1.82) is 0 Å². The molecule has 3 heteroatoms. The van der Waals surface area contributed by atoms with Crippen molar-refractivity contribution in [3.63, 3.8) is 0 Å². The number of aromatic nitrogens is 1. The average Bonchev–Trinajstić information content (AvgIpc) is 2.20. The molecule has 0 amide bonds. The Hall–Kier alpha value is -1.09. The summed E-state index contributed by atoms with van der Waals surface area (Å²) in [6.07, 6.45) is 4.69. The lowest BCUT2D eigenvalue weighted by Crippen LogP contribution is -2.28. The first-order valence-electron chi connectivity index (χ1n) is 5.52. The standard InChI is InChI=1S/C12H21N3/c1-9(2)11(4-6-13)15-12-5-7-14-8-10(12)3/h5,7-9,11H,4,6,13H2,1-3H3,(H,14,15). The molecule has 0 bridgehead atoms. The molecule has 1 rings (SSSR count). The number of hydrogen-bond acceptors (Lipinski definition) is 3. The second-order valence-electron chi connectivity index (χ2n) is 4.26. The molecule has 3 N–H and O–H groups in total. The number of rotatable bonds is 5. The van der Waals surface area contributed by atoms with Gasteiger partial charge < -0.3 is 11.1 Å². The van der Waals surface area contributed by atoms with Crippen LogP contribution in [-0.2, 0) is 0 Å². The van der Waals surface area contributed by atoms with E-state index < -0.39 is 0 Å². The highest BCUT2D eigenvalue weighted by atomic mass is 14.9. The van der Waals surface area contributed by atoms with E-state index in [0.717, 1.165) is 18.7 Å². The van der Waals surface area contributed by atoms with E-state index in [2.05, 4.69) is 31.1 Å². The quantitative estimate of drug-likeness (QED) is 0.778. The highest BCUT2D eigenvalue weighted by molar-refractivity contribution is 5.49. The molecule has 0 spiro atoms. The largest absolute Gasteiger partial charge is 0.382 e. The third-order valence-corrected chi connectivity index (χ3v) is 2.64. The second-order valence-corrected chi connectivity index (χ2v) is 4.26. The van der Waals surface area contributed by atoms with E-state index in [1.807, 2.05) is 18.5 Å². The maximum Gasteiger partial charge on any atom is 0.0403 e. The smallest absolute Gasteiger partial charge is 0.0403 e. The predicted molar refractivity (Wildman–Crippen MR) is 64.9 cm³/mol. The van der Waals surface area contributed by atoms with Gasteiger partial charge in [-0.3, -0.25) is 4.98 Å². The molecule has 0 fully saturated rings. The summed E-state index contributed by atoms with van der Waals surface area (Å²) in [7, 11) is 0. The lowest BCUT2D eigenvalue weighted by molar-refractivity contribution is 0.498. The zero-order valence-electron chi connectivity index (χ0n) is 9.83. The van der Waals surface area contributed by atoms with Crippen LogP contribution in [0.3, 0.4) is 0 Å². The third-order valence-electron chi connectivity index (χ3n) is 2.64. The Labute approximate surface area is 92.1 Å². The number of nitrogens with zero attached hydrogens (tertiary/aromatic N) is 1. The maximum atomic E-state index is 5.61. The fraction of sp³-hybridized carbons (Fsp3) is 0.583. The predicted octanol–water partition coefficient (Wildman–Crippen LogP) is 2.18. The summed E-state index contributed by atoms with van der Waals surface area (Å²) in [6, 6.07) is 2.46. The highest BCUT2D eigenvalue weighted by Gasteiger charge is 2.12. The van der Waals surface area contributed by atoms with Crippen LogP contribution >= 0.6 is 0 Å². The zero-order valence-corrected chi connectivity index (χ0v) is 9.83. The van der Waals surface area contributed by atoms with Gasteiger partial charge in [0.2, 0.25) is 0 Å². The minimum absolute atomic E-state index is 0.441. The first-order chi connectivity index (χ1) is 7.15. The van der Waals surface area contributed by atoms with E-state index >= 15 is 0 Å². The summed E-state index contributed by atoms with van der Waals surface area (Å²) in [4.78, 5) is 4.08. The van der Waals surface area contributed by atoms with E-state index in [9.17, 15) is 0 Å². The van der Waals surface area contributed by atoms with Crippen LogP contribution in [0.15, 0.2) is 18.5 Å². The summed E-state index contributed by atoms with van der Waals surface area (Å²) >= 11 is 0. The molecule has 1 atom stereocenters. The van der Waals surface area contributed by atoms with Gasteiger partial charge >= 0.3 is 0 Å². The lowest BCUT2D eigenvalue weighted by atomic mass is 10.0. The molecule has 0 saturated carbocycles. The number of anilines is 1. The molecular weight excluding hydrogens is 186 g/mol. The Balaban J connectivity index is 2.69. The van der Waals surface area contributed by atoms with E-state index in [4.69, 9.17) is 5.73 Å². The number of pyridine rings is 1. The summed E-state index contributed by atoms with van der Waals surface area (Å²) in [5, 5.41) is 3.53. The number of aryl methyl sites for hydroxylation is 1. The minimum Gasteiger partial charge on any atom is -0.382 e. The minimum atomic E-state index is 0.441. The molecule has 1 heterocycles. The Kier molecular flexibility index (Phi) is 4.56. The highest BCUT2D eigenvalue weighted by Crippen LogP contribution is 2.17. The van der Waals surface area contributed by atoms with Crippen molar-refractivity contribution in [2.45, 2.75) is 33.2 Å². The molecule has 84 valence electrons. The second kappa shape index (κ2) is 5.71.